The molecule has 37 heavy (non-hydrogen) atoms. The number of carbonyl (C=O) groups excluding carboxylic acids is 1. The number of benzene rings is 3. The lowest BCUT2D eigenvalue weighted by molar-refractivity contribution is -0.115. The summed E-state index contributed by atoms with van der Waals surface area (Å²) in [6.07, 6.45) is 2.52. The summed E-state index contributed by atoms with van der Waals surface area (Å²) >= 11 is 0. The van der Waals surface area contributed by atoms with Gasteiger partial charge in [0, 0.05) is 17.9 Å². The van der Waals surface area contributed by atoms with Gasteiger partial charge in [0.05, 0.1) is 16.6 Å². The van der Waals surface area contributed by atoms with Gasteiger partial charge in [0.1, 0.15) is 5.92 Å². The molecule has 1 fully saturated rings. The van der Waals surface area contributed by atoms with Crippen molar-refractivity contribution >= 4 is 38.7 Å². The Morgan fingerprint density at radius 2 is 1.73 bits per heavy atom. The van der Waals surface area contributed by atoms with Gasteiger partial charge in [0.15, 0.2) is 0 Å². The molecule has 1 saturated heterocycles. The molecule has 3 aromatic rings. The van der Waals surface area contributed by atoms with Crippen molar-refractivity contribution in [2.75, 3.05) is 23.1 Å². The largest absolute Gasteiger partial charge is 0.325 e. The minimum absolute atomic E-state index is 0.188. The van der Waals surface area contributed by atoms with Crippen LogP contribution in [-0.4, -0.2) is 43.3 Å². The number of sulfonamides is 1. The molecular formula is C29H32N4O3S. The van der Waals surface area contributed by atoms with E-state index in [-0.39, 0.29) is 5.91 Å². The number of hydrogen-bond acceptors (Lipinski definition) is 5. The third-order valence-electron chi connectivity index (χ3n) is 6.90. The quantitative estimate of drug-likeness (QED) is 0.398. The summed E-state index contributed by atoms with van der Waals surface area (Å²) in [6, 6.07) is 23.0. The lowest BCUT2D eigenvalue weighted by Gasteiger charge is -2.16. The van der Waals surface area contributed by atoms with Crippen molar-refractivity contribution in [1.29, 1.82) is 0 Å². The maximum absolute atomic E-state index is 13.3. The number of rotatable bonds is 8. The molecule has 0 aliphatic carbocycles. The molecule has 7 nitrogen and oxygen atoms in total. The average molecular weight is 517 g/mol. The summed E-state index contributed by atoms with van der Waals surface area (Å²) in [7, 11) is -3.52. The highest BCUT2D eigenvalue weighted by atomic mass is 32.2. The zero-order valence-electron chi connectivity index (χ0n) is 21.1. The first-order valence-electron chi connectivity index (χ1n) is 12.7. The van der Waals surface area contributed by atoms with Crippen LogP contribution in [-0.2, 0) is 21.4 Å². The first-order chi connectivity index (χ1) is 17.8. The molecule has 2 N–H and O–H groups in total. The van der Waals surface area contributed by atoms with Crippen LogP contribution in [0.3, 0.4) is 0 Å². The van der Waals surface area contributed by atoms with E-state index in [2.05, 4.69) is 27.1 Å². The fraction of sp³-hybridized carbons (Fsp3) is 0.310. The molecule has 0 aromatic heterocycles. The van der Waals surface area contributed by atoms with Gasteiger partial charge in [-0.2, -0.15) is 0 Å². The predicted octanol–water partition coefficient (Wildman–Crippen LogP) is 5.29. The molecule has 1 atom stereocenters. The Balaban J connectivity index is 1.51. The van der Waals surface area contributed by atoms with Crippen LogP contribution in [0.5, 0.6) is 0 Å². The molecule has 1 unspecified atom stereocenters. The van der Waals surface area contributed by atoms with Gasteiger partial charge < -0.3 is 5.32 Å². The third kappa shape index (κ3) is 5.60. The summed E-state index contributed by atoms with van der Waals surface area (Å²) in [6.45, 7) is 6.47. The lowest BCUT2D eigenvalue weighted by atomic mass is 9.90. The zero-order valence-corrected chi connectivity index (χ0v) is 22.0. The number of aliphatic imine (C=N–C) groups is 1. The lowest BCUT2D eigenvalue weighted by Crippen LogP contribution is -2.23. The number of hydrogen-bond donors (Lipinski definition) is 2. The van der Waals surface area contributed by atoms with Crippen molar-refractivity contribution in [3.8, 4) is 0 Å². The van der Waals surface area contributed by atoms with E-state index in [1.807, 2.05) is 42.5 Å². The van der Waals surface area contributed by atoms with Crippen LogP contribution in [0, 0.1) is 0 Å². The molecule has 0 saturated carbocycles. The topological polar surface area (TPSA) is 90.9 Å². The van der Waals surface area contributed by atoms with Gasteiger partial charge in [-0.3, -0.25) is 19.4 Å². The SMILES string of the molecule is CC(C)S(=O)(=O)Nc1ccc2c(c1)C(C(=Nc1ccc(CN3CCCC3)cc1)c1ccccc1)C(=O)N2. The van der Waals surface area contributed by atoms with E-state index >= 15 is 0 Å². The van der Waals surface area contributed by atoms with E-state index in [0.29, 0.717) is 22.6 Å². The fourth-order valence-corrected chi connectivity index (χ4v) is 5.49. The van der Waals surface area contributed by atoms with E-state index in [4.69, 9.17) is 4.99 Å². The zero-order chi connectivity index (χ0) is 26.0. The highest BCUT2D eigenvalue weighted by Crippen LogP contribution is 2.38. The van der Waals surface area contributed by atoms with Gasteiger partial charge >= 0.3 is 0 Å². The number of likely N-dealkylation sites (tertiary alicyclic amines) is 1. The second-order valence-corrected chi connectivity index (χ2v) is 12.2. The average Bonchev–Trinajstić information content (AvgIpc) is 3.50. The Kier molecular flexibility index (Phi) is 7.13. The molecule has 2 heterocycles. The molecule has 1 amide bonds. The van der Waals surface area contributed by atoms with Crippen molar-refractivity contribution in [3.63, 3.8) is 0 Å². The Labute approximate surface area is 218 Å². The molecule has 2 aliphatic rings. The second kappa shape index (κ2) is 10.5. The molecule has 0 bridgehead atoms. The normalized spacial score (nSPS) is 18.2. The summed E-state index contributed by atoms with van der Waals surface area (Å²) < 4.78 is 27.6. The van der Waals surface area contributed by atoms with Crippen molar-refractivity contribution in [3.05, 3.63) is 89.5 Å². The highest BCUT2D eigenvalue weighted by Gasteiger charge is 2.36. The van der Waals surface area contributed by atoms with Crippen LogP contribution >= 0.6 is 0 Å². The first-order valence-corrected chi connectivity index (χ1v) is 14.3. The van der Waals surface area contributed by atoms with Crippen LogP contribution in [0.1, 0.15) is 49.3 Å². The number of nitrogens with zero attached hydrogens (tertiary/aromatic N) is 2. The van der Waals surface area contributed by atoms with Gasteiger partial charge in [-0.15, -0.1) is 0 Å². The van der Waals surface area contributed by atoms with Gasteiger partial charge in [-0.25, -0.2) is 8.42 Å². The number of anilines is 2. The number of amides is 1. The van der Waals surface area contributed by atoms with Gasteiger partial charge in [-0.1, -0.05) is 42.5 Å². The van der Waals surface area contributed by atoms with Crippen LogP contribution in [0.15, 0.2) is 77.8 Å². The summed E-state index contributed by atoms with van der Waals surface area (Å²) in [5.41, 5.74) is 5.25. The minimum Gasteiger partial charge on any atom is -0.325 e. The standard InChI is InChI=1S/C29H32N4O3S/c1-20(2)37(35,36)32-24-14-15-26-25(18-24)27(29(34)31-26)28(22-8-4-3-5-9-22)30-23-12-10-21(11-13-23)19-33-16-6-7-17-33/h3-5,8-15,18,20,27,32H,6-7,16-17,19H2,1-2H3,(H,31,34). The maximum Gasteiger partial charge on any atom is 0.238 e. The maximum atomic E-state index is 13.3. The molecule has 2 aliphatic heterocycles. The molecule has 192 valence electrons. The van der Waals surface area contributed by atoms with Crippen molar-refractivity contribution in [2.45, 2.75) is 44.4 Å². The van der Waals surface area contributed by atoms with Crippen LogP contribution in [0.2, 0.25) is 0 Å². The monoisotopic (exact) mass is 516 g/mol. The van der Waals surface area contributed by atoms with Crippen molar-refractivity contribution < 1.29 is 13.2 Å². The van der Waals surface area contributed by atoms with E-state index in [0.717, 1.165) is 30.9 Å². The Morgan fingerprint density at radius 1 is 1.03 bits per heavy atom. The van der Waals surface area contributed by atoms with Crippen molar-refractivity contribution in [1.82, 2.24) is 4.90 Å². The predicted molar refractivity (Wildman–Crippen MR) is 149 cm³/mol. The third-order valence-corrected chi connectivity index (χ3v) is 8.66. The Hall–Kier alpha value is -3.49. The minimum atomic E-state index is -3.52. The molecule has 0 radical (unpaired) electrons. The van der Waals surface area contributed by atoms with Gasteiger partial charge in [-0.05, 0) is 86.8 Å². The van der Waals surface area contributed by atoms with Crippen LogP contribution in [0.4, 0.5) is 17.1 Å². The molecule has 0 spiro atoms. The van der Waals surface area contributed by atoms with Crippen LogP contribution < -0.4 is 10.0 Å². The molecule has 5 rings (SSSR count). The summed E-state index contributed by atoms with van der Waals surface area (Å²) in [5, 5.41) is 2.37. The Morgan fingerprint density at radius 3 is 2.41 bits per heavy atom. The van der Waals surface area contributed by atoms with E-state index in [1.54, 1.807) is 32.0 Å². The van der Waals surface area contributed by atoms with Crippen LogP contribution in [0.25, 0.3) is 0 Å². The number of fused-ring (bicyclic) bond motifs is 1. The highest BCUT2D eigenvalue weighted by molar-refractivity contribution is 7.93. The summed E-state index contributed by atoms with van der Waals surface area (Å²) in [4.78, 5) is 20.7. The molecule has 8 heteroatoms. The van der Waals surface area contributed by atoms with E-state index in [1.165, 1.54) is 18.4 Å². The van der Waals surface area contributed by atoms with Gasteiger partial charge in [0.25, 0.3) is 0 Å². The fourth-order valence-electron chi connectivity index (χ4n) is 4.80. The number of nitrogens with one attached hydrogen (secondary N) is 2. The Bertz CT molecular complexity index is 1410. The van der Waals surface area contributed by atoms with E-state index < -0.39 is 21.2 Å². The van der Waals surface area contributed by atoms with E-state index in [9.17, 15) is 13.2 Å². The second-order valence-electron chi connectivity index (χ2n) is 9.93. The molecular weight excluding hydrogens is 484 g/mol. The smallest absolute Gasteiger partial charge is 0.238 e. The molecule has 3 aromatic carbocycles. The summed E-state index contributed by atoms with van der Waals surface area (Å²) in [5.74, 6) is -0.864. The number of carbonyl (C=O) groups is 1. The van der Waals surface area contributed by atoms with Gasteiger partial charge in [0.2, 0.25) is 15.9 Å². The van der Waals surface area contributed by atoms with Crippen molar-refractivity contribution in [2.24, 2.45) is 4.99 Å². The first kappa shape index (κ1) is 25.2.